The van der Waals surface area contributed by atoms with Crippen molar-refractivity contribution in [1.82, 2.24) is 24.6 Å². The number of hydrogen-bond donors (Lipinski definition) is 0. The second kappa shape index (κ2) is 9.39. The number of rotatable bonds is 6. The lowest BCUT2D eigenvalue weighted by Gasteiger charge is -2.35. The van der Waals surface area contributed by atoms with E-state index < -0.39 is 0 Å². The molecule has 4 rings (SSSR count). The summed E-state index contributed by atoms with van der Waals surface area (Å²) >= 11 is 0. The van der Waals surface area contributed by atoms with Gasteiger partial charge in [0.1, 0.15) is 17.9 Å². The van der Waals surface area contributed by atoms with Crippen LogP contribution in [-0.4, -0.2) is 63.8 Å². The summed E-state index contributed by atoms with van der Waals surface area (Å²) in [4.78, 5) is 17.1. The van der Waals surface area contributed by atoms with Crippen molar-refractivity contribution in [3.05, 3.63) is 42.0 Å². The molecule has 2 fully saturated rings. The lowest BCUT2D eigenvalue weighted by atomic mass is 9.95. The van der Waals surface area contributed by atoms with Gasteiger partial charge in [-0.05, 0) is 18.9 Å². The van der Waals surface area contributed by atoms with Gasteiger partial charge in [0.2, 0.25) is 5.91 Å². The molecule has 1 aromatic carbocycles. The van der Waals surface area contributed by atoms with Crippen LogP contribution in [0.25, 0.3) is 0 Å². The Labute approximate surface area is 172 Å². The van der Waals surface area contributed by atoms with Gasteiger partial charge >= 0.3 is 0 Å². The van der Waals surface area contributed by atoms with Gasteiger partial charge in [0.05, 0.1) is 20.1 Å². The minimum atomic E-state index is 0.166. The smallest absolute Gasteiger partial charge is 0.227 e. The summed E-state index contributed by atoms with van der Waals surface area (Å²) in [6, 6.07) is 8.30. The van der Waals surface area contributed by atoms with Gasteiger partial charge in [0.15, 0.2) is 0 Å². The van der Waals surface area contributed by atoms with E-state index in [0.717, 1.165) is 49.9 Å². The predicted molar refractivity (Wildman–Crippen MR) is 111 cm³/mol. The number of aromatic nitrogens is 3. The number of nitrogens with zero attached hydrogens (tertiary/aromatic N) is 5. The number of para-hydroxylation sites is 1. The first-order chi connectivity index (χ1) is 14.2. The maximum absolute atomic E-state index is 12.7. The van der Waals surface area contributed by atoms with Gasteiger partial charge < -0.3 is 14.2 Å². The molecule has 1 amide bonds. The molecular formula is C22H31N5O2. The number of benzene rings is 1. The third kappa shape index (κ3) is 4.78. The summed E-state index contributed by atoms with van der Waals surface area (Å²) in [6.45, 7) is 4.06. The maximum Gasteiger partial charge on any atom is 0.227 e. The molecule has 7 nitrogen and oxygen atoms in total. The summed E-state index contributed by atoms with van der Waals surface area (Å²) in [6.07, 6.45) is 8.70. The first kappa shape index (κ1) is 19.9. The minimum absolute atomic E-state index is 0.166. The normalized spacial score (nSPS) is 18.7. The molecule has 1 saturated heterocycles. The van der Waals surface area contributed by atoms with Crippen molar-refractivity contribution >= 4 is 5.91 Å². The molecular weight excluding hydrogens is 366 g/mol. The number of amides is 1. The average Bonchev–Trinajstić information content (AvgIpc) is 3.23. The molecule has 2 heterocycles. The summed E-state index contributed by atoms with van der Waals surface area (Å²) in [7, 11) is 1.65. The quantitative estimate of drug-likeness (QED) is 0.750. The van der Waals surface area contributed by atoms with Crippen molar-refractivity contribution in [1.29, 1.82) is 0 Å². The van der Waals surface area contributed by atoms with Crippen molar-refractivity contribution in [2.45, 2.75) is 51.1 Å². The van der Waals surface area contributed by atoms with Crippen molar-refractivity contribution in [3.63, 3.8) is 0 Å². The van der Waals surface area contributed by atoms with E-state index >= 15 is 0 Å². The van der Waals surface area contributed by atoms with Gasteiger partial charge in [-0.1, -0.05) is 37.5 Å². The molecule has 29 heavy (non-hydrogen) atoms. The van der Waals surface area contributed by atoms with E-state index in [-0.39, 0.29) is 5.91 Å². The number of methoxy groups -OCH3 is 1. The van der Waals surface area contributed by atoms with Crippen LogP contribution >= 0.6 is 0 Å². The van der Waals surface area contributed by atoms with Crippen LogP contribution in [0.3, 0.4) is 0 Å². The highest BCUT2D eigenvalue weighted by atomic mass is 16.5. The molecule has 0 atom stereocenters. The Morgan fingerprint density at radius 3 is 2.62 bits per heavy atom. The van der Waals surface area contributed by atoms with E-state index in [0.29, 0.717) is 12.5 Å². The molecule has 156 valence electrons. The molecule has 1 aliphatic heterocycles. The summed E-state index contributed by atoms with van der Waals surface area (Å²) in [5.74, 6) is 2.01. The molecule has 2 aliphatic rings. The Bertz CT molecular complexity index is 807. The molecule has 1 saturated carbocycles. The maximum atomic E-state index is 12.7. The van der Waals surface area contributed by atoms with Crippen LogP contribution in [0.15, 0.2) is 30.6 Å². The minimum Gasteiger partial charge on any atom is -0.496 e. The molecule has 1 aromatic heterocycles. The number of hydrogen-bond acceptors (Lipinski definition) is 5. The number of carbonyl (C=O) groups is 1. The molecule has 0 N–H and O–H groups in total. The Kier molecular flexibility index (Phi) is 6.44. The van der Waals surface area contributed by atoms with Gasteiger partial charge in [-0.15, -0.1) is 10.2 Å². The first-order valence-electron chi connectivity index (χ1n) is 10.7. The number of ether oxygens (including phenoxy) is 1. The number of carbonyl (C=O) groups excluding carboxylic acids is 1. The first-order valence-corrected chi connectivity index (χ1v) is 10.7. The van der Waals surface area contributed by atoms with E-state index in [1.165, 1.54) is 32.1 Å². The van der Waals surface area contributed by atoms with Crippen LogP contribution in [0.1, 0.15) is 49.5 Å². The van der Waals surface area contributed by atoms with E-state index in [1.807, 2.05) is 35.5 Å². The van der Waals surface area contributed by atoms with Crippen molar-refractivity contribution in [3.8, 4) is 5.75 Å². The monoisotopic (exact) mass is 397 g/mol. The zero-order valence-electron chi connectivity index (χ0n) is 17.3. The van der Waals surface area contributed by atoms with Crippen molar-refractivity contribution in [2.24, 2.45) is 0 Å². The Hall–Kier alpha value is -2.41. The summed E-state index contributed by atoms with van der Waals surface area (Å²) in [5.41, 5.74) is 0.947. The number of piperazine rings is 1. The molecule has 0 unspecified atom stereocenters. The SMILES string of the molecule is COc1ccccc1CC(=O)N1CCN(Cc2nncn2C2CCCCC2)CC1. The predicted octanol–water partition coefficient (Wildman–Crippen LogP) is 2.68. The van der Waals surface area contributed by atoms with Crippen LogP contribution in [0.4, 0.5) is 0 Å². The van der Waals surface area contributed by atoms with Crippen LogP contribution in [0.5, 0.6) is 5.75 Å². The van der Waals surface area contributed by atoms with E-state index in [4.69, 9.17) is 4.74 Å². The highest BCUT2D eigenvalue weighted by molar-refractivity contribution is 5.79. The van der Waals surface area contributed by atoms with Gasteiger partial charge in [0.25, 0.3) is 0 Å². The Balaban J connectivity index is 1.30. The van der Waals surface area contributed by atoms with E-state index in [9.17, 15) is 4.79 Å². The standard InChI is InChI=1S/C22H31N5O2/c1-29-20-10-6-5-7-18(20)15-22(28)26-13-11-25(12-14-26)16-21-24-23-17-27(21)19-8-3-2-4-9-19/h5-7,10,17,19H,2-4,8-9,11-16H2,1H3. The lowest BCUT2D eigenvalue weighted by Crippen LogP contribution is -2.49. The Morgan fingerprint density at radius 1 is 1.10 bits per heavy atom. The fourth-order valence-corrected chi connectivity index (χ4v) is 4.52. The summed E-state index contributed by atoms with van der Waals surface area (Å²) in [5, 5.41) is 8.57. The molecule has 0 bridgehead atoms. The van der Waals surface area contributed by atoms with Crippen LogP contribution < -0.4 is 4.74 Å². The van der Waals surface area contributed by atoms with Crippen molar-refractivity contribution < 1.29 is 9.53 Å². The third-order valence-electron chi connectivity index (χ3n) is 6.24. The van der Waals surface area contributed by atoms with Crippen LogP contribution in [-0.2, 0) is 17.8 Å². The van der Waals surface area contributed by atoms with Gasteiger partial charge in [-0.2, -0.15) is 0 Å². The fraction of sp³-hybridized carbons (Fsp3) is 0.591. The highest BCUT2D eigenvalue weighted by Gasteiger charge is 2.24. The van der Waals surface area contributed by atoms with Gasteiger partial charge in [0, 0.05) is 37.8 Å². The van der Waals surface area contributed by atoms with Gasteiger partial charge in [-0.3, -0.25) is 9.69 Å². The van der Waals surface area contributed by atoms with E-state index in [2.05, 4.69) is 19.7 Å². The molecule has 0 radical (unpaired) electrons. The highest BCUT2D eigenvalue weighted by Crippen LogP contribution is 2.29. The van der Waals surface area contributed by atoms with Crippen LogP contribution in [0, 0.1) is 0 Å². The molecule has 7 heteroatoms. The largest absolute Gasteiger partial charge is 0.496 e. The van der Waals surface area contributed by atoms with Crippen molar-refractivity contribution in [2.75, 3.05) is 33.3 Å². The summed E-state index contributed by atoms with van der Waals surface area (Å²) < 4.78 is 7.67. The lowest BCUT2D eigenvalue weighted by molar-refractivity contribution is -0.132. The van der Waals surface area contributed by atoms with E-state index in [1.54, 1.807) is 7.11 Å². The second-order valence-corrected chi connectivity index (χ2v) is 8.09. The fourth-order valence-electron chi connectivity index (χ4n) is 4.52. The molecule has 2 aromatic rings. The molecule has 0 spiro atoms. The average molecular weight is 398 g/mol. The molecule has 1 aliphatic carbocycles. The third-order valence-corrected chi connectivity index (χ3v) is 6.24. The topological polar surface area (TPSA) is 63.5 Å². The zero-order chi connectivity index (χ0) is 20.1. The van der Waals surface area contributed by atoms with Gasteiger partial charge in [-0.25, -0.2) is 0 Å². The van der Waals surface area contributed by atoms with Crippen LogP contribution in [0.2, 0.25) is 0 Å². The zero-order valence-corrected chi connectivity index (χ0v) is 17.3. The second-order valence-electron chi connectivity index (χ2n) is 8.09. The Morgan fingerprint density at radius 2 is 1.86 bits per heavy atom.